The topological polar surface area (TPSA) is 35.6 Å². The first-order chi connectivity index (χ1) is 10.7. The van der Waals surface area contributed by atoms with E-state index in [-0.39, 0.29) is 11.9 Å². The third-order valence-corrected chi connectivity index (χ3v) is 4.39. The normalized spacial score (nSPS) is 18.1. The zero-order chi connectivity index (χ0) is 15.8. The molecule has 1 aliphatic heterocycles. The molecule has 0 spiro atoms. The zero-order valence-corrected chi connectivity index (χ0v) is 13.9. The number of rotatable bonds is 7. The van der Waals surface area contributed by atoms with Gasteiger partial charge < -0.3 is 10.2 Å². The second-order valence-corrected chi connectivity index (χ2v) is 6.03. The van der Waals surface area contributed by atoms with Crippen molar-refractivity contribution < 1.29 is 4.79 Å². The van der Waals surface area contributed by atoms with Crippen LogP contribution in [0.2, 0.25) is 0 Å². The predicted octanol–water partition coefficient (Wildman–Crippen LogP) is 2.28. The number of hydrogen-bond donors (Lipinski definition) is 1. The van der Waals surface area contributed by atoms with E-state index < -0.39 is 0 Å². The Morgan fingerprint density at radius 3 is 2.32 bits per heavy atom. The summed E-state index contributed by atoms with van der Waals surface area (Å²) in [6.07, 6.45) is 2.05. The first-order valence-corrected chi connectivity index (χ1v) is 8.52. The molecule has 1 atom stereocenters. The molecule has 0 bridgehead atoms. The van der Waals surface area contributed by atoms with E-state index in [9.17, 15) is 4.79 Å². The monoisotopic (exact) mass is 303 g/mol. The Hall–Kier alpha value is -1.39. The molecule has 2 rings (SSSR count). The van der Waals surface area contributed by atoms with E-state index in [0.29, 0.717) is 6.54 Å². The van der Waals surface area contributed by atoms with Crippen LogP contribution in [-0.2, 0) is 4.79 Å². The SMILES string of the molecule is CCCC(NC(=O)CN1CCN(CC)CC1)c1ccccc1. The van der Waals surface area contributed by atoms with Crippen LogP contribution in [0, 0.1) is 0 Å². The molecule has 22 heavy (non-hydrogen) atoms. The molecule has 1 heterocycles. The standard InChI is InChI=1S/C18H29N3O/c1-3-8-17(16-9-6-5-7-10-16)19-18(22)15-21-13-11-20(4-2)12-14-21/h5-7,9-10,17H,3-4,8,11-15H2,1-2H3,(H,19,22). The third kappa shape index (κ3) is 5.11. The fourth-order valence-electron chi connectivity index (χ4n) is 3.00. The van der Waals surface area contributed by atoms with Crippen LogP contribution in [0.25, 0.3) is 0 Å². The van der Waals surface area contributed by atoms with E-state index in [1.165, 1.54) is 5.56 Å². The fraction of sp³-hybridized carbons (Fsp3) is 0.611. The lowest BCUT2D eigenvalue weighted by atomic mass is 10.0. The average Bonchev–Trinajstić information content (AvgIpc) is 2.56. The van der Waals surface area contributed by atoms with Crippen LogP contribution in [-0.4, -0.2) is 55.0 Å². The van der Waals surface area contributed by atoms with Gasteiger partial charge in [0.1, 0.15) is 0 Å². The van der Waals surface area contributed by atoms with Gasteiger partial charge in [-0.2, -0.15) is 0 Å². The van der Waals surface area contributed by atoms with E-state index in [1.807, 2.05) is 18.2 Å². The molecule has 1 aromatic rings. The van der Waals surface area contributed by atoms with Crippen molar-refractivity contribution in [3.63, 3.8) is 0 Å². The number of hydrogen-bond acceptors (Lipinski definition) is 3. The Labute approximate surface area is 134 Å². The van der Waals surface area contributed by atoms with Gasteiger partial charge in [-0.3, -0.25) is 9.69 Å². The summed E-state index contributed by atoms with van der Waals surface area (Å²) in [4.78, 5) is 17.0. The number of piperazine rings is 1. The average molecular weight is 303 g/mol. The maximum Gasteiger partial charge on any atom is 0.234 e. The summed E-state index contributed by atoms with van der Waals surface area (Å²) in [6.45, 7) is 10.1. The van der Waals surface area contributed by atoms with Crippen LogP contribution in [0.4, 0.5) is 0 Å². The van der Waals surface area contributed by atoms with Crippen molar-refractivity contribution in [2.24, 2.45) is 0 Å². The molecule has 4 nitrogen and oxygen atoms in total. The van der Waals surface area contributed by atoms with E-state index in [1.54, 1.807) is 0 Å². The molecule has 1 saturated heterocycles. The largest absolute Gasteiger partial charge is 0.348 e. The lowest BCUT2D eigenvalue weighted by Gasteiger charge is -2.33. The van der Waals surface area contributed by atoms with Gasteiger partial charge in [0.2, 0.25) is 5.91 Å². The second-order valence-electron chi connectivity index (χ2n) is 6.03. The Morgan fingerprint density at radius 2 is 1.73 bits per heavy atom. The van der Waals surface area contributed by atoms with Crippen LogP contribution in [0.15, 0.2) is 30.3 Å². The molecule has 1 unspecified atom stereocenters. The summed E-state index contributed by atoms with van der Waals surface area (Å²) >= 11 is 0. The van der Waals surface area contributed by atoms with E-state index in [2.05, 4.69) is 41.1 Å². The first-order valence-electron chi connectivity index (χ1n) is 8.52. The van der Waals surface area contributed by atoms with Crippen molar-refractivity contribution in [1.82, 2.24) is 15.1 Å². The minimum Gasteiger partial charge on any atom is -0.348 e. The number of amides is 1. The van der Waals surface area contributed by atoms with Crippen LogP contribution < -0.4 is 5.32 Å². The van der Waals surface area contributed by atoms with Gasteiger partial charge in [-0.15, -0.1) is 0 Å². The molecule has 1 aliphatic rings. The lowest BCUT2D eigenvalue weighted by Crippen LogP contribution is -2.49. The molecule has 122 valence electrons. The highest BCUT2D eigenvalue weighted by atomic mass is 16.2. The molecule has 4 heteroatoms. The number of nitrogens with one attached hydrogen (secondary N) is 1. The first kappa shape index (κ1) is 17.0. The summed E-state index contributed by atoms with van der Waals surface area (Å²) in [5.41, 5.74) is 1.20. The molecular formula is C18H29N3O. The lowest BCUT2D eigenvalue weighted by molar-refractivity contribution is -0.123. The molecule has 0 saturated carbocycles. The van der Waals surface area contributed by atoms with Crippen molar-refractivity contribution in [3.05, 3.63) is 35.9 Å². The second kappa shape index (κ2) is 8.91. The minimum atomic E-state index is 0.135. The highest BCUT2D eigenvalue weighted by Gasteiger charge is 2.19. The van der Waals surface area contributed by atoms with Crippen molar-refractivity contribution in [3.8, 4) is 0 Å². The Bertz CT molecular complexity index is 441. The quantitative estimate of drug-likeness (QED) is 0.839. The highest BCUT2D eigenvalue weighted by Crippen LogP contribution is 2.18. The summed E-state index contributed by atoms with van der Waals surface area (Å²) in [6, 6.07) is 10.4. The van der Waals surface area contributed by atoms with Crippen molar-refractivity contribution in [1.29, 1.82) is 0 Å². The third-order valence-electron chi connectivity index (χ3n) is 4.39. The van der Waals surface area contributed by atoms with Gasteiger partial charge in [0.15, 0.2) is 0 Å². The molecule has 1 N–H and O–H groups in total. The maximum atomic E-state index is 12.4. The zero-order valence-electron chi connectivity index (χ0n) is 13.9. The van der Waals surface area contributed by atoms with Crippen molar-refractivity contribution >= 4 is 5.91 Å². The van der Waals surface area contributed by atoms with Gasteiger partial charge in [-0.1, -0.05) is 50.6 Å². The molecule has 0 aliphatic carbocycles. The number of carbonyl (C=O) groups is 1. The van der Waals surface area contributed by atoms with Crippen LogP contribution in [0.5, 0.6) is 0 Å². The van der Waals surface area contributed by atoms with Crippen molar-refractivity contribution in [2.45, 2.75) is 32.7 Å². The molecule has 1 fully saturated rings. The molecular weight excluding hydrogens is 274 g/mol. The van der Waals surface area contributed by atoms with E-state index in [4.69, 9.17) is 0 Å². The van der Waals surface area contributed by atoms with Gasteiger partial charge in [-0.05, 0) is 18.5 Å². The van der Waals surface area contributed by atoms with Gasteiger partial charge in [0.25, 0.3) is 0 Å². The molecule has 1 aromatic carbocycles. The predicted molar refractivity (Wildman–Crippen MR) is 90.8 cm³/mol. The van der Waals surface area contributed by atoms with E-state index >= 15 is 0 Å². The number of carbonyl (C=O) groups excluding carboxylic acids is 1. The van der Waals surface area contributed by atoms with Gasteiger partial charge in [0.05, 0.1) is 12.6 Å². The summed E-state index contributed by atoms with van der Waals surface area (Å²) in [7, 11) is 0. The number of likely N-dealkylation sites (N-methyl/N-ethyl adjacent to an activating group) is 1. The van der Waals surface area contributed by atoms with Gasteiger partial charge in [0, 0.05) is 26.2 Å². The van der Waals surface area contributed by atoms with Crippen LogP contribution >= 0.6 is 0 Å². The summed E-state index contributed by atoms with van der Waals surface area (Å²) < 4.78 is 0. The number of benzene rings is 1. The summed E-state index contributed by atoms with van der Waals surface area (Å²) in [5, 5.41) is 3.21. The highest BCUT2D eigenvalue weighted by molar-refractivity contribution is 5.78. The minimum absolute atomic E-state index is 0.135. The van der Waals surface area contributed by atoms with Gasteiger partial charge >= 0.3 is 0 Å². The van der Waals surface area contributed by atoms with Gasteiger partial charge in [-0.25, -0.2) is 0 Å². The van der Waals surface area contributed by atoms with E-state index in [0.717, 1.165) is 45.6 Å². The Kier molecular flexibility index (Phi) is 6.87. The molecule has 0 radical (unpaired) electrons. The molecule has 0 aromatic heterocycles. The number of nitrogens with zero attached hydrogens (tertiary/aromatic N) is 2. The van der Waals surface area contributed by atoms with Crippen LogP contribution in [0.3, 0.4) is 0 Å². The smallest absolute Gasteiger partial charge is 0.234 e. The summed E-state index contributed by atoms with van der Waals surface area (Å²) in [5.74, 6) is 0.146. The fourth-order valence-corrected chi connectivity index (χ4v) is 3.00. The van der Waals surface area contributed by atoms with Crippen molar-refractivity contribution in [2.75, 3.05) is 39.3 Å². The van der Waals surface area contributed by atoms with Crippen LogP contribution in [0.1, 0.15) is 38.3 Å². The Balaban J connectivity index is 1.84. The maximum absolute atomic E-state index is 12.4. The molecule has 1 amide bonds. The Morgan fingerprint density at radius 1 is 1.09 bits per heavy atom.